The van der Waals surface area contributed by atoms with Gasteiger partial charge in [0.2, 0.25) is 0 Å². The predicted octanol–water partition coefficient (Wildman–Crippen LogP) is 3.36. The number of ether oxygens (including phenoxy) is 1. The third-order valence-electron chi connectivity index (χ3n) is 2.50. The van der Waals surface area contributed by atoms with E-state index in [4.69, 9.17) is 10.1 Å². The highest BCUT2D eigenvalue weighted by Crippen LogP contribution is 2.14. The van der Waals surface area contributed by atoms with Crippen LogP contribution in [-0.4, -0.2) is 22.9 Å². The molecule has 0 radical (unpaired) electrons. The summed E-state index contributed by atoms with van der Waals surface area (Å²) in [5, 5.41) is 10.9. The molecule has 0 spiro atoms. The summed E-state index contributed by atoms with van der Waals surface area (Å²) >= 11 is 0. The lowest BCUT2D eigenvalue weighted by atomic mass is 9.92. The first-order valence-electron chi connectivity index (χ1n) is 6.27. The molecule has 1 amide bonds. The number of alkyl carbamates (subject to hydrolysis) is 1. The van der Waals surface area contributed by atoms with Crippen molar-refractivity contribution in [1.82, 2.24) is 5.32 Å². The van der Waals surface area contributed by atoms with E-state index in [1.54, 1.807) is 13.8 Å². The molecule has 0 aromatic heterocycles. The van der Waals surface area contributed by atoms with E-state index in [0.717, 1.165) is 5.56 Å². The third-order valence-corrected chi connectivity index (χ3v) is 2.50. The molecule has 0 bridgehead atoms. The van der Waals surface area contributed by atoms with Crippen LogP contribution in [0.2, 0.25) is 0 Å². The number of rotatable bonds is 3. The van der Waals surface area contributed by atoms with Crippen molar-refractivity contribution in [3.8, 4) is 0 Å². The molecule has 2 N–H and O–H groups in total. The zero-order chi connectivity index (χ0) is 14.7. The average molecular weight is 262 g/mol. The quantitative estimate of drug-likeness (QED) is 0.820. The minimum atomic E-state index is -0.788. The van der Waals surface area contributed by atoms with Gasteiger partial charge in [-0.05, 0) is 40.2 Å². The third kappa shape index (κ3) is 4.73. The van der Waals surface area contributed by atoms with E-state index in [9.17, 15) is 4.79 Å². The fraction of sp³-hybridized carbons (Fsp3) is 0.467. The van der Waals surface area contributed by atoms with Gasteiger partial charge in [0.05, 0.1) is 11.3 Å². The predicted molar refractivity (Wildman–Crippen MR) is 76.7 cm³/mol. The lowest BCUT2D eigenvalue weighted by Gasteiger charge is -2.29. The molecular weight excluding hydrogens is 240 g/mol. The molecule has 0 aliphatic heterocycles. The Morgan fingerprint density at radius 3 is 2.11 bits per heavy atom. The Balaban J connectivity index is 2.76. The van der Waals surface area contributed by atoms with Crippen molar-refractivity contribution in [3.63, 3.8) is 0 Å². The molecule has 4 heteroatoms. The van der Waals surface area contributed by atoms with Crippen molar-refractivity contribution in [2.45, 2.75) is 45.8 Å². The van der Waals surface area contributed by atoms with Crippen molar-refractivity contribution in [2.24, 2.45) is 0 Å². The van der Waals surface area contributed by atoms with Gasteiger partial charge in [0.1, 0.15) is 5.60 Å². The van der Waals surface area contributed by atoms with Crippen LogP contribution >= 0.6 is 0 Å². The Morgan fingerprint density at radius 2 is 1.63 bits per heavy atom. The van der Waals surface area contributed by atoms with Crippen molar-refractivity contribution < 1.29 is 9.53 Å². The van der Waals surface area contributed by atoms with Crippen LogP contribution in [0.3, 0.4) is 0 Å². The fourth-order valence-corrected chi connectivity index (χ4v) is 1.59. The van der Waals surface area contributed by atoms with E-state index >= 15 is 0 Å². The van der Waals surface area contributed by atoms with Gasteiger partial charge in [-0.2, -0.15) is 0 Å². The number of hydrogen-bond donors (Lipinski definition) is 2. The SMILES string of the molecule is CC(C)(C)OC(=O)NC(C)(C)C(=N)c1ccccc1. The maximum Gasteiger partial charge on any atom is 0.408 e. The smallest absolute Gasteiger partial charge is 0.408 e. The van der Waals surface area contributed by atoms with Gasteiger partial charge in [0.25, 0.3) is 0 Å². The summed E-state index contributed by atoms with van der Waals surface area (Å²) in [6.45, 7) is 8.99. The number of carbonyl (C=O) groups is 1. The van der Waals surface area contributed by atoms with Gasteiger partial charge >= 0.3 is 6.09 Å². The van der Waals surface area contributed by atoms with E-state index in [1.807, 2.05) is 51.1 Å². The number of amides is 1. The lowest BCUT2D eigenvalue weighted by Crippen LogP contribution is -2.51. The van der Waals surface area contributed by atoms with E-state index < -0.39 is 17.2 Å². The second kappa shape index (κ2) is 5.43. The fourth-order valence-electron chi connectivity index (χ4n) is 1.59. The van der Waals surface area contributed by atoms with Crippen LogP contribution in [0.5, 0.6) is 0 Å². The molecule has 1 aromatic rings. The molecule has 0 unspecified atom stereocenters. The Kier molecular flexibility index (Phi) is 4.35. The zero-order valence-electron chi connectivity index (χ0n) is 12.2. The first-order valence-corrected chi connectivity index (χ1v) is 6.27. The number of carbonyl (C=O) groups excluding carboxylic acids is 1. The van der Waals surface area contributed by atoms with Crippen LogP contribution in [0.4, 0.5) is 4.79 Å². The van der Waals surface area contributed by atoms with Crippen LogP contribution in [0.1, 0.15) is 40.2 Å². The molecule has 104 valence electrons. The molecule has 0 heterocycles. The number of hydrogen-bond acceptors (Lipinski definition) is 3. The number of benzene rings is 1. The molecule has 4 nitrogen and oxygen atoms in total. The molecule has 19 heavy (non-hydrogen) atoms. The molecule has 1 aromatic carbocycles. The monoisotopic (exact) mass is 262 g/mol. The Bertz CT molecular complexity index is 459. The molecule has 0 saturated heterocycles. The van der Waals surface area contributed by atoms with Crippen molar-refractivity contribution in [2.75, 3.05) is 0 Å². The minimum Gasteiger partial charge on any atom is -0.444 e. The van der Waals surface area contributed by atoms with Crippen molar-refractivity contribution >= 4 is 11.8 Å². The topological polar surface area (TPSA) is 62.2 Å². The van der Waals surface area contributed by atoms with Crippen LogP contribution in [0, 0.1) is 5.41 Å². The summed E-state index contributed by atoms with van der Waals surface area (Å²) in [4.78, 5) is 11.8. The van der Waals surface area contributed by atoms with Gasteiger partial charge in [0.15, 0.2) is 0 Å². The lowest BCUT2D eigenvalue weighted by molar-refractivity contribution is 0.0497. The highest BCUT2D eigenvalue weighted by atomic mass is 16.6. The highest BCUT2D eigenvalue weighted by molar-refractivity contribution is 6.05. The summed E-state index contributed by atoms with van der Waals surface area (Å²) in [6.07, 6.45) is -0.516. The second-order valence-electron chi connectivity index (χ2n) is 5.99. The number of nitrogens with one attached hydrogen (secondary N) is 2. The molecular formula is C15H22N2O2. The summed E-state index contributed by atoms with van der Waals surface area (Å²) < 4.78 is 5.21. The maximum absolute atomic E-state index is 11.8. The second-order valence-corrected chi connectivity index (χ2v) is 5.99. The van der Waals surface area contributed by atoms with Gasteiger partial charge in [-0.25, -0.2) is 4.79 Å². The average Bonchev–Trinajstić information content (AvgIpc) is 2.25. The molecule has 0 fully saturated rings. The largest absolute Gasteiger partial charge is 0.444 e. The first kappa shape index (κ1) is 15.2. The molecule has 0 atom stereocenters. The summed E-state index contributed by atoms with van der Waals surface area (Å²) in [5.74, 6) is 0. The van der Waals surface area contributed by atoms with Gasteiger partial charge in [-0.15, -0.1) is 0 Å². The Morgan fingerprint density at radius 1 is 1.11 bits per heavy atom. The van der Waals surface area contributed by atoms with E-state index in [0.29, 0.717) is 5.71 Å². The van der Waals surface area contributed by atoms with Gasteiger partial charge in [-0.1, -0.05) is 30.3 Å². The highest BCUT2D eigenvalue weighted by Gasteiger charge is 2.29. The normalized spacial score (nSPS) is 11.8. The first-order chi connectivity index (χ1) is 8.62. The Hall–Kier alpha value is -1.84. The van der Waals surface area contributed by atoms with Crippen molar-refractivity contribution in [1.29, 1.82) is 5.41 Å². The van der Waals surface area contributed by atoms with Crippen LogP contribution in [0.25, 0.3) is 0 Å². The van der Waals surface area contributed by atoms with E-state index in [-0.39, 0.29) is 0 Å². The van der Waals surface area contributed by atoms with Crippen LogP contribution < -0.4 is 5.32 Å². The zero-order valence-corrected chi connectivity index (χ0v) is 12.2. The standard InChI is InChI=1S/C15H22N2O2/c1-14(2,3)19-13(18)17-15(4,5)12(16)11-9-7-6-8-10-11/h6-10,16H,1-5H3,(H,17,18). The summed E-state index contributed by atoms with van der Waals surface area (Å²) in [5.41, 5.74) is -0.207. The molecule has 0 saturated carbocycles. The van der Waals surface area contributed by atoms with Crippen LogP contribution in [0.15, 0.2) is 30.3 Å². The summed E-state index contributed by atoms with van der Waals surface area (Å²) in [7, 11) is 0. The minimum absolute atomic E-state index is 0.346. The maximum atomic E-state index is 11.8. The van der Waals surface area contributed by atoms with Gasteiger partial charge in [0, 0.05) is 0 Å². The van der Waals surface area contributed by atoms with Gasteiger partial charge in [-0.3, -0.25) is 0 Å². The van der Waals surface area contributed by atoms with Crippen LogP contribution in [-0.2, 0) is 4.74 Å². The Labute approximate surface area is 114 Å². The van der Waals surface area contributed by atoms with Gasteiger partial charge < -0.3 is 15.5 Å². The molecule has 1 rings (SSSR count). The van der Waals surface area contributed by atoms with E-state index in [2.05, 4.69) is 5.32 Å². The molecule has 0 aliphatic rings. The molecule has 0 aliphatic carbocycles. The summed E-state index contributed by atoms with van der Waals surface area (Å²) in [6, 6.07) is 9.33. The van der Waals surface area contributed by atoms with Crippen molar-refractivity contribution in [3.05, 3.63) is 35.9 Å². The van der Waals surface area contributed by atoms with E-state index in [1.165, 1.54) is 0 Å².